The van der Waals surface area contributed by atoms with E-state index in [4.69, 9.17) is 4.42 Å². The standard InChI is InChI=1S/C12H14N2O3S/c1-8-10(11(15)16-3)13-12(18-8)14(2)6-9-4-5-17-7-9/h4-5,7H,6H2,1-3H3. The van der Waals surface area contributed by atoms with Gasteiger partial charge < -0.3 is 14.1 Å². The maximum atomic E-state index is 11.5. The van der Waals surface area contributed by atoms with Crippen molar-refractivity contribution in [3.8, 4) is 0 Å². The first-order chi connectivity index (χ1) is 8.61. The normalized spacial score (nSPS) is 10.4. The van der Waals surface area contributed by atoms with Crippen LogP contribution in [0.15, 0.2) is 23.0 Å². The minimum absolute atomic E-state index is 0.386. The molecule has 2 aromatic rings. The Morgan fingerprint density at radius 3 is 3.00 bits per heavy atom. The van der Waals surface area contributed by atoms with Gasteiger partial charge in [-0.3, -0.25) is 0 Å². The van der Waals surface area contributed by atoms with E-state index in [0.717, 1.165) is 15.6 Å². The van der Waals surface area contributed by atoms with Gasteiger partial charge in [0.1, 0.15) is 0 Å². The summed E-state index contributed by atoms with van der Waals surface area (Å²) < 4.78 is 9.71. The molecule has 0 N–H and O–H groups in total. The number of furan rings is 1. The van der Waals surface area contributed by atoms with Crippen molar-refractivity contribution < 1.29 is 13.9 Å². The molecule has 0 amide bonds. The minimum Gasteiger partial charge on any atom is -0.472 e. The monoisotopic (exact) mass is 266 g/mol. The number of aryl methyl sites for hydroxylation is 1. The van der Waals surface area contributed by atoms with Crippen molar-refractivity contribution in [2.24, 2.45) is 0 Å². The average Bonchev–Trinajstić information content (AvgIpc) is 2.97. The van der Waals surface area contributed by atoms with Crippen LogP contribution in [0.2, 0.25) is 0 Å². The number of thiazole rings is 1. The van der Waals surface area contributed by atoms with Crippen molar-refractivity contribution >= 4 is 22.4 Å². The Bertz CT molecular complexity index is 534. The maximum absolute atomic E-state index is 11.5. The lowest BCUT2D eigenvalue weighted by atomic mass is 10.3. The summed E-state index contributed by atoms with van der Waals surface area (Å²) in [4.78, 5) is 18.6. The molecule has 2 aromatic heterocycles. The SMILES string of the molecule is COC(=O)c1nc(N(C)Cc2ccoc2)sc1C. The van der Waals surface area contributed by atoms with Crippen molar-refractivity contribution in [3.63, 3.8) is 0 Å². The third-order valence-electron chi connectivity index (χ3n) is 2.49. The van der Waals surface area contributed by atoms with Gasteiger partial charge in [0.25, 0.3) is 0 Å². The molecule has 0 aromatic carbocycles. The summed E-state index contributed by atoms with van der Waals surface area (Å²) >= 11 is 1.47. The highest BCUT2D eigenvalue weighted by Crippen LogP contribution is 2.26. The van der Waals surface area contributed by atoms with Crippen LogP contribution in [-0.4, -0.2) is 25.1 Å². The fourth-order valence-electron chi connectivity index (χ4n) is 1.56. The maximum Gasteiger partial charge on any atom is 0.357 e. The van der Waals surface area contributed by atoms with Gasteiger partial charge in [-0.05, 0) is 13.0 Å². The van der Waals surface area contributed by atoms with Crippen LogP contribution < -0.4 is 4.90 Å². The predicted octanol–water partition coefficient (Wildman–Crippen LogP) is 2.47. The Labute approximate surface area is 109 Å². The van der Waals surface area contributed by atoms with Crippen LogP contribution in [-0.2, 0) is 11.3 Å². The van der Waals surface area contributed by atoms with Gasteiger partial charge in [-0.1, -0.05) is 0 Å². The molecule has 0 fully saturated rings. The van der Waals surface area contributed by atoms with E-state index in [1.54, 1.807) is 12.5 Å². The first kappa shape index (κ1) is 12.6. The number of nitrogens with zero attached hydrogens (tertiary/aromatic N) is 2. The van der Waals surface area contributed by atoms with Crippen LogP contribution >= 0.6 is 11.3 Å². The first-order valence-corrected chi connectivity index (χ1v) is 6.21. The van der Waals surface area contributed by atoms with E-state index < -0.39 is 5.97 Å². The first-order valence-electron chi connectivity index (χ1n) is 5.39. The number of ether oxygens (including phenoxy) is 1. The fourth-order valence-corrected chi connectivity index (χ4v) is 2.41. The Balaban J connectivity index is 2.16. The van der Waals surface area contributed by atoms with Crippen LogP contribution in [0, 0.1) is 6.92 Å². The summed E-state index contributed by atoms with van der Waals surface area (Å²) in [5.41, 5.74) is 1.45. The van der Waals surface area contributed by atoms with Crippen molar-refractivity contribution in [1.82, 2.24) is 4.98 Å². The van der Waals surface area contributed by atoms with E-state index in [2.05, 4.69) is 9.72 Å². The summed E-state index contributed by atoms with van der Waals surface area (Å²) in [5.74, 6) is -0.397. The lowest BCUT2D eigenvalue weighted by Gasteiger charge is -2.13. The van der Waals surface area contributed by atoms with Crippen molar-refractivity contribution in [3.05, 3.63) is 34.7 Å². The Morgan fingerprint density at radius 2 is 2.39 bits per heavy atom. The van der Waals surface area contributed by atoms with E-state index in [9.17, 15) is 4.79 Å². The van der Waals surface area contributed by atoms with Crippen molar-refractivity contribution in [2.75, 3.05) is 19.1 Å². The summed E-state index contributed by atoms with van der Waals surface area (Å²) in [6.45, 7) is 2.54. The van der Waals surface area contributed by atoms with Gasteiger partial charge in [-0.2, -0.15) is 0 Å². The zero-order chi connectivity index (χ0) is 13.1. The second-order valence-electron chi connectivity index (χ2n) is 3.88. The minimum atomic E-state index is -0.397. The van der Waals surface area contributed by atoms with Gasteiger partial charge in [-0.15, -0.1) is 11.3 Å². The fraction of sp³-hybridized carbons (Fsp3) is 0.333. The van der Waals surface area contributed by atoms with E-state index in [0.29, 0.717) is 12.2 Å². The molecular formula is C12H14N2O3S. The predicted molar refractivity (Wildman–Crippen MR) is 69.0 cm³/mol. The number of hydrogen-bond donors (Lipinski definition) is 0. The molecular weight excluding hydrogens is 252 g/mol. The van der Waals surface area contributed by atoms with Crippen molar-refractivity contribution in [2.45, 2.75) is 13.5 Å². The third-order valence-corrected chi connectivity index (χ3v) is 3.58. The number of rotatable bonds is 4. The summed E-state index contributed by atoms with van der Waals surface area (Å²) in [6.07, 6.45) is 3.33. The summed E-state index contributed by atoms with van der Waals surface area (Å²) in [7, 11) is 3.28. The number of aromatic nitrogens is 1. The highest BCUT2D eigenvalue weighted by atomic mass is 32.1. The van der Waals surface area contributed by atoms with Gasteiger partial charge in [-0.25, -0.2) is 9.78 Å². The highest BCUT2D eigenvalue weighted by Gasteiger charge is 2.17. The van der Waals surface area contributed by atoms with E-state index >= 15 is 0 Å². The zero-order valence-corrected chi connectivity index (χ0v) is 11.3. The molecule has 0 aliphatic carbocycles. The summed E-state index contributed by atoms with van der Waals surface area (Å²) in [5, 5.41) is 0.786. The molecule has 18 heavy (non-hydrogen) atoms. The summed E-state index contributed by atoms with van der Waals surface area (Å²) in [6, 6.07) is 1.90. The lowest BCUT2D eigenvalue weighted by Crippen LogP contribution is -2.16. The molecule has 0 bridgehead atoms. The number of carbonyl (C=O) groups excluding carboxylic acids is 1. The molecule has 0 saturated heterocycles. The second kappa shape index (κ2) is 5.22. The quantitative estimate of drug-likeness (QED) is 0.796. The van der Waals surface area contributed by atoms with Gasteiger partial charge >= 0.3 is 5.97 Å². The number of carbonyl (C=O) groups is 1. The van der Waals surface area contributed by atoms with Crippen molar-refractivity contribution in [1.29, 1.82) is 0 Å². The molecule has 96 valence electrons. The van der Waals surface area contributed by atoms with Gasteiger partial charge in [0, 0.05) is 24.0 Å². The average molecular weight is 266 g/mol. The van der Waals surface area contributed by atoms with Gasteiger partial charge in [0.15, 0.2) is 10.8 Å². The third kappa shape index (κ3) is 2.53. The molecule has 5 nitrogen and oxygen atoms in total. The zero-order valence-electron chi connectivity index (χ0n) is 10.5. The molecule has 0 atom stereocenters. The molecule has 0 aliphatic rings. The molecule has 0 spiro atoms. The van der Waals surface area contributed by atoms with Gasteiger partial charge in [0.05, 0.1) is 19.6 Å². The largest absolute Gasteiger partial charge is 0.472 e. The molecule has 2 heterocycles. The molecule has 0 radical (unpaired) electrons. The van der Waals surface area contributed by atoms with Crippen LogP contribution in [0.25, 0.3) is 0 Å². The highest BCUT2D eigenvalue weighted by molar-refractivity contribution is 7.15. The van der Waals surface area contributed by atoms with E-state index in [1.807, 2.05) is 24.9 Å². The lowest BCUT2D eigenvalue weighted by molar-refractivity contribution is 0.0594. The Kier molecular flexibility index (Phi) is 3.66. The van der Waals surface area contributed by atoms with Crippen LogP contribution in [0.1, 0.15) is 20.9 Å². The molecule has 0 unspecified atom stereocenters. The number of anilines is 1. The molecule has 0 aliphatic heterocycles. The smallest absolute Gasteiger partial charge is 0.357 e. The van der Waals surface area contributed by atoms with E-state index in [-0.39, 0.29) is 0 Å². The number of hydrogen-bond acceptors (Lipinski definition) is 6. The Morgan fingerprint density at radius 1 is 1.61 bits per heavy atom. The second-order valence-corrected chi connectivity index (χ2v) is 5.06. The van der Waals surface area contributed by atoms with E-state index in [1.165, 1.54) is 18.4 Å². The topological polar surface area (TPSA) is 55.6 Å². The Hall–Kier alpha value is -1.82. The molecule has 0 saturated carbocycles. The van der Waals surface area contributed by atoms with Crippen LogP contribution in [0.3, 0.4) is 0 Å². The van der Waals surface area contributed by atoms with Crippen LogP contribution in [0.5, 0.6) is 0 Å². The molecule has 2 rings (SSSR count). The number of methoxy groups -OCH3 is 1. The molecule has 6 heteroatoms. The van der Waals surface area contributed by atoms with Gasteiger partial charge in [0.2, 0.25) is 0 Å². The number of esters is 1. The van der Waals surface area contributed by atoms with Crippen LogP contribution in [0.4, 0.5) is 5.13 Å².